The summed E-state index contributed by atoms with van der Waals surface area (Å²) in [6.45, 7) is 4.01. The Hall–Kier alpha value is -3.31. The van der Waals surface area contributed by atoms with E-state index in [9.17, 15) is 4.79 Å². The van der Waals surface area contributed by atoms with Gasteiger partial charge in [-0.3, -0.25) is 4.79 Å². The molecule has 1 amide bonds. The Labute approximate surface area is 173 Å². The van der Waals surface area contributed by atoms with E-state index < -0.39 is 0 Å². The number of aromatic nitrogens is 1. The number of carbonyl (C=O) groups excluding carboxylic acids is 1. The Morgan fingerprint density at radius 1 is 1.03 bits per heavy atom. The highest BCUT2D eigenvalue weighted by Gasteiger charge is 2.10. The molecule has 3 aromatic carbocycles. The van der Waals surface area contributed by atoms with Gasteiger partial charge in [0.05, 0.1) is 0 Å². The largest absolute Gasteiger partial charge is 0.484 e. The number of anilines is 1. The van der Waals surface area contributed by atoms with Gasteiger partial charge in [0, 0.05) is 16.3 Å². The van der Waals surface area contributed by atoms with Crippen molar-refractivity contribution < 1.29 is 13.9 Å². The van der Waals surface area contributed by atoms with Crippen LogP contribution in [0.15, 0.2) is 65.1 Å². The van der Waals surface area contributed by atoms with E-state index in [1.54, 1.807) is 36.4 Å². The maximum absolute atomic E-state index is 12.1. The number of ether oxygens (including phenoxy) is 1. The van der Waals surface area contributed by atoms with Crippen LogP contribution in [0.2, 0.25) is 5.02 Å². The van der Waals surface area contributed by atoms with E-state index in [4.69, 9.17) is 20.8 Å². The summed E-state index contributed by atoms with van der Waals surface area (Å²) in [7, 11) is 0. The van der Waals surface area contributed by atoms with Crippen molar-refractivity contribution in [1.82, 2.24) is 4.98 Å². The number of nitrogens with one attached hydrogen (secondary N) is 1. The van der Waals surface area contributed by atoms with Gasteiger partial charge in [0.25, 0.3) is 5.91 Å². The van der Waals surface area contributed by atoms with Gasteiger partial charge in [-0.05, 0) is 85.6 Å². The van der Waals surface area contributed by atoms with E-state index in [2.05, 4.69) is 17.2 Å². The zero-order chi connectivity index (χ0) is 20.4. The number of hydrogen-bond donors (Lipinski definition) is 1. The normalized spacial score (nSPS) is 10.9. The number of amides is 1. The molecule has 0 saturated carbocycles. The Kier molecular flexibility index (Phi) is 5.23. The molecule has 0 atom stereocenters. The van der Waals surface area contributed by atoms with Crippen LogP contribution < -0.4 is 10.1 Å². The monoisotopic (exact) mass is 406 g/mol. The first-order valence-electron chi connectivity index (χ1n) is 9.14. The van der Waals surface area contributed by atoms with Gasteiger partial charge in [-0.1, -0.05) is 11.6 Å². The van der Waals surface area contributed by atoms with Crippen molar-refractivity contribution in [3.8, 4) is 17.2 Å². The third-order valence-electron chi connectivity index (χ3n) is 4.60. The summed E-state index contributed by atoms with van der Waals surface area (Å²) < 4.78 is 11.3. The molecule has 29 heavy (non-hydrogen) atoms. The fourth-order valence-electron chi connectivity index (χ4n) is 2.88. The van der Waals surface area contributed by atoms with Crippen LogP contribution in [0.3, 0.4) is 0 Å². The van der Waals surface area contributed by atoms with Crippen LogP contribution in [0, 0.1) is 13.8 Å². The summed E-state index contributed by atoms with van der Waals surface area (Å²) >= 11 is 5.83. The molecule has 146 valence electrons. The van der Waals surface area contributed by atoms with Crippen molar-refractivity contribution in [2.45, 2.75) is 13.8 Å². The number of aryl methyl sites for hydroxylation is 2. The molecule has 0 spiro atoms. The molecule has 0 aliphatic heterocycles. The minimum absolute atomic E-state index is 0.0901. The Morgan fingerprint density at radius 2 is 1.72 bits per heavy atom. The molecule has 0 fully saturated rings. The lowest BCUT2D eigenvalue weighted by atomic mass is 10.1. The van der Waals surface area contributed by atoms with E-state index in [1.165, 1.54) is 11.1 Å². The van der Waals surface area contributed by atoms with Crippen LogP contribution in [0.25, 0.3) is 22.6 Å². The standard InChI is InChI=1S/C23H19ClN2O3/c1-14-11-20-21(12-15(14)2)29-23(26-20)16-3-7-18(8-4-16)25-22(27)13-28-19-9-5-17(24)6-10-19/h3-12H,13H2,1-2H3,(H,25,27). The average Bonchev–Trinajstić information content (AvgIpc) is 3.11. The van der Waals surface area contributed by atoms with Gasteiger partial charge in [-0.25, -0.2) is 4.98 Å². The molecule has 1 heterocycles. The lowest BCUT2D eigenvalue weighted by molar-refractivity contribution is -0.118. The molecule has 0 aliphatic rings. The molecule has 0 unspecified atom stereocenters. The van der Waals surface area contributed by atoms with E-state index in [0.717, 1.165) is 16.7 Å². The maximum Gasteiger partial charge on any atom is 0.262 e. The molecule has 0 saturated heterocycles. The number of rotatable bonds is 5. The number of oxazole rings is 1. The van der Waals surface area contributed by atoms with E-state index in [0.29, 0.717) is 22.4 Å². The van der Waals surface area contributed by atoms with Crippen LogP contribution in [0.1, 0.15) is 11.1 Å². The second-order valence-corrected chi connectivity index (χ2v) is 7.23. The number of halogens is 1. The van der Waals surface area contributed by atoms with Gasteiger partial charge < -0.3 is 14.5 Å². The quantitative estimate of drug-likeness (QED) is 0.456. The number of fused-ring (bicyclic) bond motifs is 1. The van der Waals surface area contributed by atoms with Gasteiger partial charge in [0.15, 0.2) is 12.2 Å². The smallest absolute Gasteiger partial charge is 0.262 e. The summed E-state index contributed by atoms with van der Waals surface area (Å²) in [5.74, 6) is 0.885. The van der Waals surface area contributed by atoms with Gasteiger partial charge in [-0.2, -0.15) is 0 Å². The van der Waals surface area contributed by atoms with Crippen LogP contribution >= 0.6 is 11.6 Å². The lowest BCUT2D eigenvalue weighted by Gasteiger charge is -2.08. The highest BCUT2D eigenvalue weighted by atomic mass is 35.5. The van der Waals surface area contributed by atoms with Crippen molar-refractivity contribution in [3.63, 3.8) is 0 Å². The van der Waals surface area contributed by atoms with Gasteiger partial charge in [0.2, 0.25) is 5.89 Å². The second kappa shape index (κ2) is 7.97. The maximum atomic E-state index is 12.1. The molecule has 5 nitrogen and oxygen atoms in total. The molecular formula is C23H19ClN2O3. The van der Waals surface area contributed by atoms with Crippen molar-refractivity contribution >= 4 is 34.3 Å². The van der Waals surface area contributed by atoms with E-state index in [-0.39, 0.29) is 12.5 Å². The summed E-state index contributed by atoms with van der Waals surface area (Å²) in [4.78, 5) is 16.7. The van der Waals surface area contributed by atoms with Crippen molar-refractivity contribution in [2.24, 2.45) is 0 Å². The number of carbonyl (C=O) groups is 1. The molecular weight excluding hydrogens is 388 g/mol. The first-order chi connectivity index (χ1) is 14.0. The molecule has 1 N–H and O–H groups in total. The Morgan fingerprint density at radius 3 is 2.45 bits per heavy atom. The van der Waals surface area contributed by atoms with Crippen molar-refractivity contribution in [1.29, 1.82) is 0 Å². The fraction of sp³-hybridized carbons (Fsp3) is 0.130. The third kappa shape index (κ3) is 4.41. The SMILES string of the molecule is Cc1cc2nc(-c3ccc(NC(=O)COc4ccc(Cl)cc4)cc3)oc2cc1C. The fourth-order valence-corrected chi connectivity index (χ4v) is 3.00. The Balaban J connectivity index is 1.41. The highest BCUT2D eigenvalue weighted by molar-refractivity contribution is 6.30. The lowest BCUT2D eigenvalue weighted by Crippen LogP contribution is -2.20. The van der Waals surface area contributed by atoms with Gasteiger partial charge in [-0.15, -0.1) is 0 Å². The first-order valence-corrected chi connectivity index (χ1v) is 9.52. The third-order valence-corrected chi connectivity index (χ3v) is 4.86. The van der Waals surface area contributed by atoms with E-state index in [1.807, 2.05) is 31.2 Å². The molecule has 0 radical (unpaired) electrons. The first kappa shape index (κ1) is 19.0. The second-order valence-electron chi connectivity index (χ2n) is 6.79. The molecule has 0 aliphatic carbocycles. The molecule has 6 heteroatoms. The molecule has 1 aromatic heterocycles. The average molecular weight is 407 g/mol. The van der Waals surface area contributed by atoms with Crippen LogP contribution in [0.5, 0.6) is 5.75 Å². The van der Waals surface area contributed by atoms with Crippen LogP contribution in [-0.4, -0.2) is 17.5 Å². The summed E-state index contributed by atoms with van der Waals surface area (Å²) in [5, 5.41) is 3.42. The molecule has 0 bridgehead atoms. The number of nitrogens with zero attached hydrogens (tertiary/aromatic N) is 1. The highest BCUT2D eigenvalue weighted by Crippen LogP contribution is 2.27. The Bertz CT molecular complexity index is 1130. The predicted octanol–water partition coefficient (Wildman–Crippen LogP) is 5.78. The van der Waals surface area contributed by atoms with Crippen molar-refractivity contribution in [3.05, 3.63) is 76.8 Å². The number of hydrogen-bond acceptors (Lipinski definition) is 4. The summed E-state index contributed by atoms with van der Waals surface area (Å²) in [5.41, 5.74) is 5.45. The summed E-state index contributed by atoms with van der Waals surface area (Å²) in [6.07, 6.45) is 0. The minimum Gasteiger partial charge on any atom is -0.484 e. The minimum atomic E-state index is -0.250. The zero-order valence-corrected chi connectivity index (χ0v) is 16.8. The van der Waals surface area contributed by atoms with Crippen LogP contribution in [0.4, 0.5) is 5.69 Å². The molecule has 4 rings (SSSR count). The van der Waals surface area contributed by atoms with Gasteiger partial charge in [0.1, 0.15) is 11.3 Å². The molecule has 4 aromatic rings. The predicted molar refractivity (Wildman–Crippen MR) is 114 cm³/mol. The zero-order valence-electron chi connectivity index (χ0n) is 16.0. The topological polar surface area (TPSA) is 64.4 Å². The number of benzene rings is 3. The van der Waals surface area contributed by atoms with E-state index >= 15 is 0 Å². The van der Waals surface area contributed by atoms with Crippen molar-refractivity contribution in [2.75, 3.05) is 11.9 Å². The van der Waals surface area contributed by atoms with Gasteiger partial charge >= 0.3 is 0 Å². The van der Waals surface area contributed by atoms with Crippen LogP contribution in [-0.2, 0) is 4.79 Å². The summed E-state index contributed by atoms with van der Waals surface area (Å²) in [6, 6.07) is 18.2.